The highest BCUT2D eigenvalue weighted by Crippen LogP contribution is 2.33. The van der Waals surface area contributed by atoms with Gasteiger partial charge in [0.15, 0.2) is 0 Å². The molecule has 2 aromatic carbocycles. The smallest absolute Gasteiger partial charge is 0.215 e. The van der Waals surface area contributed by atoms with E-state index in [-0.39, 0.29) is 15.8 Å². The van der Waals surface area contributed by atoms with E-state index in [1.165, 1.54) is 12.2 Å². The lowest BCUT2D eigenvalue weighted by Crippen LogP contribution is -2.07. The van der Waals surface area contributed by atoms with Crippen molar-refractivity contribution in [1.82, 2.24) is 0 Å². The van der Waals surface area contributed by atoms with Gasteiger partial charge in [-0.15, -0.1) is 0 Å². The molecule has 3 nitrogen and oxygen atoms in total. The summed E-state index contributed by atoms with van der Waals surface area (Å²) in [6.45, 7) is 0. The molecule has 0 N–H and O–H groups in total. The molecule has 0 amide bonds. The zero-order chi connectivity index (χ0) is 15.7. The topological polar surface area (TPSA) is 38.7 Å². The molecule has 0 radical (unpaired) electrons. The van der Waals surface area contributed by atoms with Crippen LogP contribution in [0.25, 0.3) is 10.8 Å². The average Bonchev–Trinajstić information content (AvgIpc) is 2.53. The molecule has 110 valence electrons. The molecule has 1 aliphatic rings. The molecule has 0 unspecified atom stereocenters. The molecule has 0 fully saturated rings. The van der Waals surface area contributed by atoms with Gasteiger partial charge in [-0.3, -0.25) is 4.79 Å². The Morgan fingerprint density at radius 2 is 1.59 bits per heavy atom. The number of ketones is 1. The first kappa shape index (κ1) is 14.8. The average molecular weight is 332 g/mol. The summed E-state index contributed by atoms with van der Waals surface area (Å²) in [7, 11) is 1.63. The number of nitrogens with zero attached hydrogens (tertiary/aromatic N) is 1. The van der Waals surface area contributed by atoms with Crippen LogP contribution in [-0.4, -0.2) is 18.6 Å². The van der Waals surface area contributed by atoms with E-state index in [0.717, 1.165) is 22.2 Å². The molecule has 5 heteroatoms. The lowest BCUT2D eigenvalue weighted by Gasteiger charge is -2.09. The third-order valence-corrected chi connectivity index (χ3v) is 3.88. The molecular weight excluding hydrogens is 321 g/mol. The van der Waals surface area contributed by atoms with Crippen LogP contribution in [0.5, 0.6) is 5.75 Å². The summed E-state index contributed by atoms with van der Waals surface area (Å²) in [6.07, 6.45) is 3.02. The van der Waals surface area contributed by atoms with Gasteiger partial charge in [-0.05, 0) is 24.3 Å². The quantitative estimate of drug-likeness (QED) is 0.745. The highest BCUT2D eigenvalue weighted by molar-refractivity contribution is 6.57. The van der Waals surface area contributed by atoms with E-state index in [9.17, 15) is 4.79 Å². The van der Waals surface area contributed by atoms with Gasteiger partial charge < -0.3 is 4.74 Å². The number of benzene rings is 2. The maximum Gasteiger partial charge on any atom is 0.215 e. The highest BCUT2D eigenvalue weighted by Gasteiger charge is 2.17. The number of aliphatic imine (C=N–C) groups is 1. The Balaban J connectivity index is 2.16. The Morgan fingerprint density at radius 1 is 0.955 bits per heavy atom. The van der Waals surface area contributed by atoms with Crippen molar-refractivity contribution in [2.75, 3.05) is 7.11 Å². The zero-order valence-corrected chi connectivity index (χ0v) is 13.2. The largest absolute Gasteiger partial charge is 0.496 e. The molecule has 1 aliphatic carbocycles. The number of ether oxygens (including phenoxy) is 1. The predicted molar refractivity (Wildman–Crippen MR) is 90.5 cm³/mol. The van der Waals surface area contributed by atoms with Crippen LogP contribution in [0.15, 0.2) is 63.6 Å². The number of halogens is 2. The Bertz CT molecular complexity index is 842. The molecular formula is C17H11Cl2NO2. The monoisotopic (exact) mass is 331 g/mol. The first-order valence-corrected chi connectivity index (χ1v) is 7.29. The number of hydrogen-bond acceptors (Lipinski definition) is 3. The maximum absolute atomic E-state index is 11.5. The van der Waals surface area contributed by atoms with Gasteiger partial charge in [0.25, 0.3) is 0 Å². The summed E-state index contributed by atoms with van der Waals surface area (Å²) < 4.78 is 5.36. The predicted octanol–water partition coefficient (Wildman–Crippen LogP) is 4.75. The van der Waals surface area contributed by atoms with Crippen molar-refractivity contribution in [2.24, 2.45) is 4.99 Å². The summed E-state index contributed by atoms with van der Waals surface area (Å²) in [4.78, 5) is 16.1. The van der Waals surface area contributed by atoms with Crippen LogP contribution in [-0.2, 0) is 4.79 Å². The van der Waals surface area contributed by atoms with E-state index in [0.29, 0.717) is 5.71 Å². The molecule has 0 heterocycles. The minimum absolute atomic E-state index is 0.0593. The third kappa shape index (κ3) is 2.65. The number of allylic oxidation sites excluding steroid dienone is 4. The summed E-state index contributed by atoms with van der Waals surface area (Å²) in [5.74, 6) is 0.391. The molecule has 22 heavy (non-hydrogen) atoms. The van der Waals surface area contributed by atoms with Gasteiger partial charge in [-0.25, -0.2) is 4.99 Å². The highest BCUT2D eigenvalue weighted by atomic mass is 35.5. The van der Waals surface area contributed by atoms with E-state index in [1.807, 2.05) is 36.4 Å². The summed E-state index contributed by atoms with van der Waals surface area (Å²) in [5.41, 5.74) is 1.28. The fraction of sp³-hybridized carbons (Fsp3) is 0.0588. The lowest BCUT2D eigenvalue weighted by molar-refractivity contribution is -0.111. The van der Waals surface area contributed by atoms with Gasteiger partial charge in [-0.2, -0.15) is 0 Å². The number of carbonyl (C=O) groups is 1. The standard InChI is InChI=1S/C17H11Cl2NO2/c1-22-16-7-6-15(11-4-2-3-5-12(11)16)20-10-8-13(18)17(21)14(19)9-10/h2-9H,1H3. The first-order valence-electron chi connectivity index (χ1n) is 6.53. The van der Waals surface area contributed by atoms with E-state index in [2.05, 4.69) is 4.99 Å². The van der Waals surface area contributed by atoms with E-state index in [4.69, 9.17) is 27.9 Å². The van der Waals surface area contributed by atoms with Crippen molar-refractivity contribution in [2.45, 2.75) is 0 Å². The molecule has 0 bridgehead atoms. The maximum atomic E-state index is 11.5. The minimum Gasteiger partial charge on any atom is -0.496 e. The summed E-state index contributed by atoms with van der Waals surface area (Å²) in [5, 5.41) is 2.03. The van der Waals surface area contributed by atoms with Crippen LogP contribution >= 0.6 is 23.2 Å². The second-order valence-corrected chi connectivity index (χ2v) is 5.50. The number of rotatable bonds is 2. The van der Waals surface area contributed by atoms with Gasteiger partial charge >= 0.3 is 0 Å². The molecule has 0 atom stereocenters. The minimum atomic E-state index is -0.387. The molecule has 3 rings (SSSR count). The van der Waals surface area contributed by atoms with Crippen LogP contribution in [0.2, 0.25) is 0 Å². The molecule has 2 aromatic rings. The molecule has 0 saturated heterocycles. The molecule has 0 aromatic heterocycles. The van der Waals surface area contributed by atoms with Crippen LogP contribution in [0.1, 0.15) is 0 Å². The van der Waals surface area contributed by atoms with Gasteiger partial charge in [-0.1, -0.05) is 47.5 Å². The van der Waals surface area contributed by atoms with Crippen LogP contribution < -0.4 is 4.74 Å². The van der Waals surface area contributed by atoms with Gasteiger partial charge in [0, 0.05) is 10.8 Å². The van der Waals surface area contributed by atoms with Gasteiger partial charge in [0.1, 0.15) is 5.75 Å². The van der Waals surface area contributed by atoms with Gasteiger partial charge in [0.05, 0.1) is 28.6 Å². The summed E-state index contributed by atoms with van der Waals surface area (Å²) >= 11 is 11.7. The lowest BCUT2D eigenvalue weighted by atomic mass is 10.1. The van der Waals surface area contributed by atoms with E-state index >= 15 is 0 Å². The second-order valence-electron chi connectivity index (χ2n) is 4.68. The van der Waals surface area contributed by atoms with Crippen molar-refractivity contribution >= 4 is 51.2 Å². The number of carbonyl (C=O) groups excluding carboxylic acids is 1. The molecule has 0 saturated carbocycles. The molecule has 0 aliphatic heterocycles. The SMILES string of the molecule is COc1ccc(N=C2C=C(Cl)C(=O)C(Cl)=C2)c2ccccc12. The van der Waals surface area contributed by atoms with E-state index in [1.54, 1.807) is 7.11 Å². The van der Waals surface area contributed by atoms with Crippen molar-refractivity contribution in [3.63, 3.8) is 0 Å². The Morgan fingerprint density at radius 3 is 2.23 bits per heavy atom. The number of Topliss-reactive ketones (excluding diaryl/α,β-unsaturated/α-hetero) is 1. The molecule has 0 spiro atoms. The Hall–Kier alpha value is -2.10. The van der Waals surface area contributed by atoms with Crippen molar-refractivity contribution < 1.29 is 9.53 Å². The van der Waals surface area contributed by atoms with Crippen LogP contribution in [0.4, 0.5) is 5.69 Å². The van der Waals surface area contributed by atoms with Crippen molar-refractivity contribution in [1.29, 1.82) is 0 Å². The number of hydrogen-bond donors (Lipinski definition) is 0. The fourth-order valence-corrected chi connectivity index (χ4v) is 2.76. The number of fused-ring (bicyclic) bond motifs is 1. The zero-order valence-electron chi connectivity index (χ0n) is 11.6. The Kier molecular flexibility index (Phi) is 4.01. The van der Waals surface area contributed by atoms with Crippen molar-refractivity contribution in [3.8, 4) is 5.75 Å². The van der Waals surface area contributed by atoms with Crippen LogP contribution in [0.3, 0.4) is 0 Å². The van der Waals surface area contributed by atoms with Crippen LogP contribution in [0, 0.1) is 0 Å². The normalized spacial score (nSPS) is 14.7. The van der Waals surface area contributed by atoms with Crippen molar-refractivity contribution in [3.05, 3.63) is 58.6 Å². The van der Waals surface area contributed by atoms with Gasteiger partial charge in [0.2, 0.25) is 5.78 Å². The Labute approximate surface area is 137 Å². The fourth-order valence-electron chi connectivity index (χ4n) is 2.28. The van der Waals surface area contributed by atoms with E-state index < -0.39 is 0 Å². The summed E-state index contributed by atoms with van der Waals surface area (Å²) in [6, 6.07) is 11.5. The second kappa shape index (κ2) is 5.95. The number of methoxy groups -OCH3 is 1. The first-order chi connectivity index (χ1) is 10.6. The third-order valence-electron chi connectivity index (χ3n) is 3.31.